The standard InChI is InChI=1S/5C18H34O2.V/c5*1-2-3-4-5-6-7-8-9-10-11-12-13-14-15-16-17-18(19)20;/h5*9-10H,2-8,11-17H2,1H3,(H,19,20);/q;;;;;+5/p-5/b5*10-9-;. The molecule has 0 aliphatic heterocycles. The number of unbranched alkanes of at least 4 members (excludes halogenated alkanes) is 55. The van der Waals surface area contributed by atoms with Gasteiger partial charge in [-0.15, -0.1) is 0 Å². The predicted molar refractivity (Wildman–Crippen MR) is 422 cm³/mol. The van der Waals surface area contributed by atoms with Crippen LogP contribution in [0.4, 0.5) is 0 Å². The van der Waals surface area contributed by atoms with E-state index in [2.05, 4.69) is 95.4 Å². The summed E-state index contributed by atoms with van der Waals surface area (Å²) in [7, 11) is 0. The number of allylic oxidation sites excluding steroid dienone is 10. The van der Waals surface area contributed by atoms with E-state index < -0.39 is 29.8 Å². The quantitative estimate of drug-likeness (QED) is 0.0417. The molecule has 0 aromatic heterocycles. The van der Waals surface area contributed by atoms with Crippen LogP contribution < -0.4 is 25.5 Å². The van der Waals surface area contributed by atoms with Crippen LogP contribution in [0.25, 0.3) is 0 Å². The number of carbonyl (C=O) groups excluding carboxylic acids is 5. The zero-order valence-corrected chi connectivity index (χ0v) is 68.7. The van der Waals surface area contributed by atoms with Crippen LogP contribution in [0.5, 0.6) is 0 Å². The second-order valence-corrected chi connectivity index (χ2v) is 28.5. The smallest absolute Gasteiger partial charge is 0.550 e. The Labute approximate surface area is 639 Å². The van der Waals surface area contributed by atoms with E-state index in [1.165, 1.54) is 321 Å². The molecule has 0 aromatic rings. The van der Waals surface area contributed by atoms with Gasteiger partial charge in [-0.1, -0.05) is 352 Å². The number of hydrogen-bond acceptors (Lipinski definition) is 10. The molecule has 0 saturated heterocycles. The Balaban J connectivity index is -0.000000279. The van der Waals surface area contributed by atoms with E-state index in [4.69, 9.17) is 0 Å². The first-order valence-corrected chi connectivity index (χ1v) is 43.1. The zero-order valence-electron chi connectivity index (χ0n) is 67.3. The molecule has 0 aliphatic carbocycles. The first-order valence-electron chi connectivity index (χ1n) is 43.1. The van der Waals surface area contributed by atoms with Crippen molar-refractivity contribution >= 4 is 29.8 Å². The molecule has 0 N–H and O–H groups in total. The van der Waals surface area contributed by atoms with Gasteiger partial charge in [0.2, 0.25) is 0 Å². The molecule has 0 fully saturated rings. The summed E-state index contributed by atoms with van der Waals surface area (Å²) in [6, 6.07) is 0. The molecule has 0 radical (unpaired) electrons. The molecule has 0 aliphatic rings. The van der Waals surface area contributed by atoms with E-state index in [0.29, 0.717) is 0 Å². The first-order chi connectivity index (χ1) is 48.9. The van der Waals surface area contributed by atoms with Crippen LogP contribution in [0.1, 0.15) is 484 Å². The minimum absolute atomic E-state index is 0. The molecule has 10 nitrogen and oxygen atoms in total. The van der Waals surface area contributed by atoms with E-state index in [9.17, 15) is 49.5 Å². The summed E-state index contributed by atoms with van der Waals surface area (Å²) >= 11 is 0. The number of aliphatic carboxylic acids is 5. The summed E-state index contributed by atoms with van der Waals surface area (Å²) in [6.07, 6.45) is 104. The Hall–Kier alpha value is -3.37. The molecule has 0 bridgehead atoms. The molecule has 0 spiro atoms. The van der Waals surface area contributed by atoms with Gasteiger partial charge in [-0.2, -0.15) is 0 Å². The van der Waals surface area contributed by atoms with Crippen molar-refractivity contribution in [2.45, 2.75) is 484 Å². The summed E-state index contributed by atoms with van der Waals surface area (Å²) in [6.45, 7) is 11.3. The van der Waals surface area contributed by atoms with Crippen LogP contribution in [-0.2, 0) is 42.5 Å². The van der Waals surface area contributed by atoms with Crippen molar-refractivity contribution in [1.82, 2.24) is 0 Å². The number of carboxylic acid groups (broad SMARTS) is 5. The second kappa shape index (κ2) is 105. The Morgan fingerprint density at radius 2 is 0.248 bits per heavy atom. The fourth-order valence-corrected chi connectivity index (χ4v) is 11.7. The molecule has 0 saturated carbocycles. The minimum Gasteiger partial charge on any atom is -0.550 e. The third-order valence-corrected chi connectivity index (χ3v) is 18.2. The molecule has 101 heavy (non-hydrogen) atoms. The van der Waals surface area contributed by atoms with E-state index in [1.54, 1.807) is 0 Å². The predicted octanol–water partition coefficient (Wildman–Crippen LogP) is 23.9. The molecule has 0 aromatic carbocycles. The van der Waals surface area contributed by atoms with E-state index >= 15 is 0 Å². The van der Waals surface area contributed by atoms with Gasteiger partial charge in [0.1, 0.15) is 0 Å². The van der Waals surface area contributed by atoms with E-state index in [0.717, 1.165) is 96.3 Å². The van der Waals surface area contributed by atoms with Gasteiger partial charge in [-0.3, -0.25) is 0 Å². The Morgan fingerprint density at radius 3 is 0.347 bits per heavy atom. The molecule has 590 valence electrons. The normalized spacial score (nSPS) is 11.1. The maximum Gasteiger partial charge on any atom is 5.00 e. The van der Waals surface area contributed by atoms with Gasteiger partial charge >= 0.3 is 18.6 Å². The Bertz CT molecular complexity index is 1470. The van der Waals surface area contributed by atoms with Gasteiger partial charge in [0.15, 0.2) is 0 Å². The third kappa shape index (κ3) is 130. The molecular weight excluding hydrogens is 1290 g/mol. The summed E-state index contributed by atoms with van der Waals surface area (Å²) in [5, 5.41) is 51.1. The van der Waals surface area contributed by atoms with Crippen molar-refractivity contribution in [2.24, 2.45) is 0 Å². The van der Waals surface area contributed by atoms with Crippen molar-refractivity contribution in [3.05, 3.63) is 60.8 Å². The maximum atomic E-state index is 10.2. The average molecular weight is 1460 g/mol. The molecule has 0 unspecified atom stereocenters. The van der Waals surface area contributed by atoms with Crippen molar-refractivity contribution in [3.8, 4) is 0 Å². The summed E-state index contributed by atoms with van der Waals surface area (Å²) in [4.78, 5) is 51.1. The largest absolute Gasteiger partial charge is 5.00 e. The molecular formula is C90H165O10V. The van der Waals surface area contributed by atoms with Crippen molar-refractivity contribution in [1.29, 1.82) is 0 Å². The van der Waals surface area contributed by atoms with Gasteiger partial charge in [0, 0.05) is 29.8 Å². The molecule has 0 atom stereocenters. The van der Waals surface area contributed by atoms with Crippen LogP contribution in [0.3, 0.4) is 0 Å². The van der Waals surface area contributed by atoms with Crippen LogP contribution in [0.2, 0.25) is 0 Å². The van der Waals surface area contributed by atoms with Crippen molar-refractivity contribution < 1.29 is 68.1 Å². The van der Waals surface area contributed by atoms with Crippen molar-refractivity contribution in [2.75, 3.05) is 0 Å². The monoisotopic (exact) mass is 1460 g/mol. The van der Waals surface area contributed by atoms with Crippen molar-refractivity contribution in [3.63, 3.8) is 0 Å². The first kappa shape index (κ1) is 109. The molecule has 0 rings (SSSR count). The van der Waals surface area contributed by atoms with Crippen LogP contribution in [-0.4, -0.2) is 29.8 Å². The summed E-state index contributed by atoms with van der Waals surface area (Å²) in [5.41, 5.74) is 0. The van der Waals surface area contributed by atoms with Gasteiger partial charge in [-0.05, 0) is 193 Å². The topological polar surface area (TPSA) is 201 Å². The number of hydrogen-bond donors (Lipinski definition) is 0. The van der Waals surface area contributed by atoms with Crippen LogP contribution >= 0.6 is 0 Å². The number of carboxylic acids is 5. The fraction of sp³-hybridized carbons (Fsp3) is 0.833. The second-order valence-electron chi connectivity index (χ2n) is 28.5. The van der Waals surface area contributed by atoms with Crippen LogP contribution in [0.15, 0.2) is 60.8 Å². The van der Waals surface area contributed by atoms with Gasteiger partial charge in [-0.25, -0.2) is 0 Å². The fourth-order valence-electron chi connectivity index (χ4n) is 11.7. The third-order valence-electron chi connectivity index (χ3n) is 18.2. The number of carbonyl (C=O) groups is 5. The Morgan fingerprint density at radius 1 is 0.158 bits per heavy atom. The maximum absolute atomic E-state index is 10.2. The van der Waals surface area contributed by atoms with Gasteiger partial charge in [0.05, 0.1) is 0 Å². The average Bonchev–Trinajstić information content (AvgIpc) is 3.67. The molecule has 0 amide bonds. The SMILES string of the molecule is CCCCCCCC/C=C\CCCCCCCC(=O)[O-].CCCCCCCC/C=C\CCCCCCCC(=O)[O-].CCCCCCCC/C=C\CCCCCCCC(=O)[O-].CCCCCCCC/C=C\CCCCCCCC(=O)[O-].CCCCCCCC/C=C\CCCCCCCC(=O)[O-].[V+5]. The summed E-state index contributed by atoms with van der Waals surface area (Å²) < 4.78 is 0. The zero-order chi connectivity index (χ0) is 74.5. The van der Waals surface area contributed by atoms with Gasteiger partial charge < -0.3 is 49.5 Å². The van der Waals surface area contributed by atoms with E-state index in [-0.39, 0.29) is 50.7 Å². The van der Waals surface area contributed by atoms with E-state index in [1.807, 2.05) is 0 Å². The Kier molecular flexibility index (Phi) is 113. The number of rotatable bonds is 75. The van der Waals surface area contributed by atoms with Crippen LogP contribution in [0, 0.1) is 0 Å². The minimum atomic E-state index is -0.914. The summed E-state index contributed by atoms with van der Waals surface area (Å²) in [5.74, 6) is -4.57. The van der Waals surface area contributed by atoms with Gasteiger partial charge in [0.25, 0.3) is 0 Å². The molecule has 11 heteroatoms. The molecule has 0 heterocycles.